The van der Waals surface area contributed by atoms with Gasteiger partial charge in [-0.1, -0.05) is 6.92 Å². The topological polar surface area (TPSA) is 66.8 Å². The van der Waals surface area contributed by atoms with Gasteiger partial charge in [0.15, 0.2) is 0 Å². The Bertz CT molecular complexity index is 331. The van der Waals surface area contributed by atoms with Crippen molar-refractivity contribution in [2.24, 2.45) is 5.92 Å². The highest BCUT2D eigenvalue weighted by molar-refractivity contribution is 5.87. The molecule has 1 rings (SSSR count). The normalized spacial score (nSPS) is 12.1. The maximum absolute atomic E-state index is 10.6. The number of hydrogen-bond donors (Lipinski definition) is 2. The number of ether oxygens (including phenoxy) is 1. The number of aliphatic hydroxyl groups excluding tert-OH is 1. The minimum Gasteiger partial charge on any atom is -0.494 e. The smallest absolute Gasteiger partial charge is 0.335 e. The van der Waals surface area contributed by atoms with Crippen molar-refractivity contribution in [3.8, 4) is 5.75 Å². The van der Waals surface area contributed by atoms with Crippen molar-refractivity contribution in [3.63, 3.8) is 0 Å². The Balaban J connectivity index is 2.40. The molecule has 0 aliphatic heterocycles. The van der Waals surface area contributed by atoms with Gasteiger partial charge in [-0.15, -0.1) is 0 Å². The second-order valence-electron chi connectivity index (χ2n) is 3.75. The first-order chi connectivity index (χ1) is 7.63. The number of carboxylic acids is 1. The van der Waals surface area contributed by atoms with Gasteiger partial charge in [0.1, 0.15) is 5.75 Å². The molecule has 0 spiro atoms. The molecule has 0 heterocycles. The van der Waals surface area contributed by atoms with E-state index in [1.165, 1.54) is 12.1 Å². The molecule has 0 amide bonds. The summed E-state index contributed by atoms with van der Waals surface area (Å²) < 4.78 is 5.41. The zero-order valence-corrected chi connectivity index (χ0v) is 9.22. The lowest BCUT2D eigenvalue weighted by Gasteiger charge is -2.09. The molecule has 0 aliphatic carbocycles. The summed E-state index contributed by atoms with van der Waals surface area (Å²) in [6.45, 7) is 2.62. The number of aliphatic hydroxyl groups is 1. The summed E-state index contributed by atoms with van der Waals surface area (Å²) >= 11 is 0. The van der Waals surface area contributed by atoms with Crippen LogP contribution in [0.5, 0.6) is 5.75 Å². The summed E-state index contributed by atoms with van der Waals surface area (Å²) in [5.41, 5.74) is 0.246. The predicted octanol–water partition coefficient (Wildman–Crippen LogP) is 1.78. The van der Waals surface area contributed by atoms with Crippen LogP contribution in [0.2, 0.25) is 0 Å². The lowest BCUT2D eigenvalue weighted by Crippen LogP contribution is -2.07. The third kappa shape index (κ3) is 3.90. The lowest BCUT2D eigenvalue weighted by molar-refractivity contribution is 0.0697. The maximum atomic E-state index is 10.6. The average Bonchev–Trinajstić information content (AvgIpc) is 2.29. The third-order valence-corrected chi connectivity index (χ3v) is 2.29. The van der Waals surface area contributed by atoms with Crippen LogP contribution in [-0.4, -0.2) is 29.4 Å². The second kappa shape index (κ2) is 6.12. The van der Waals surface area contributed by atoms with Gasteiger partial charge in [0.2, 0.25) is 0 Å². The number of rotatable bonds is 6. The molecule has 0 aromatic heterocycles. The van der Waals surface area contributed by atoms with Crippen LogP contribution in [0, 0.1) is 5.92 Å². The SMILES string of the molecule is C[C@@H](CO)CCOc1ccc(C(=O)O)cc1. The van der Waals surface area contributed by atoms with Crippen LogP contribution in [-0.2, 0) is 0 Å². The molecule has 1 atom stereocenters. The molecule has 0 bridgehead atoms. The van der Waals surface area contributed by atoms with E-state index in [-0.39, 0.29) is 18.1 Å². The zero-order valence-electron chi connectivity index (χ0n) is 9.22. The van der Waals surface area contributed by atoms with Crippen LogP contribution in [0.1, 0.15) is 23.7 Å². The Labute approximate surface area is 94.5 Å². The highest BCUT2D eigenvalue weighted by atomic mass is 16.5. The van der Waals surface area contributed by atoms with Crippen LogP contribution < -0.4 is 4.74 Å². The van der Waals surface area contributed by atoms with E-state index in [2.05, 4.69) is 0 Å². The number of benzene rings is 1. The number of carboxylic acid groups (broad SMARTS) is 1. The first kappa shape index (κ1) is 12.5. The first-order valence-corrected chi connectivity index (χ1v) is 5.20. The van der Waals surface area contributed by atoms with E-state index in [4.69, 9.17) is 14.9 Å². The Morgan fingerprint density at radius 2 is 2.00 bits per heavy atom. The lowest BCUT2D eigenvalue weighted by atomic mass is 10.1. The number of aromatic carboxylic acids is 1. The fraction of sp³-hybridized carbons (Fsp3) is 0.417. The maximum Gasteiger partial charge on any atom is 0.335 e. The fourth-order valence-corrected chi connectivity index (χ4v) is 1.16. The summed E-state index contributed by atoms with van der Waals surface area (Å²) in [6.07, 6.45) is 0.775. The van der Waals surface area contributed by atoms with Gasteiger partial charge in [-0.25, -0.2) is 4.79 Å². The van der Waals surface area contributed by atoms with E-state index in [0.29, 0.717) is 12.4 Å². The van der Waals surface area contributed by atoms with Gasteiger partial charge in [0, 0.05) is 6.61 Å². The van der Waals surface area contributed by atoms with E-state index < -0.39 is 5.97 Å². The summed E-state index contributed by atoms with van der Waals surface area (Å²) in [5, 5.41) is 17.5. The van der Waals surface area contributed by atoms with E-state index in [1.807, 2.05) is 6.92 Å². The Morgan fingerprint density at radius 1 is 1.38 bits per heavy atom. The quantitative estimate of drug-likeness (QED) is 0.773. The molecule has 4 heteroatoms. The van der Waals surface area contributed by atoms with Gasteiger partial charge < -0.3 is 14.9 Å². The van der Waals surface area contributed by atoms with E-state index >= 15 is 0 Å². The molecule has 16 heavy (non-hydrogen) atoms. The van der Waals surface area contributed by atoms with Crippen molar-refractivity contribution >= 4 is 5.97 Å². The minimum absolute atomic E-state index is 0.154. The monoisotopic (exact) mass is 224 g/mol. The molecule has 0 radical (unpaired) electrons. The molecule has 2 N–H and O–H groups in total. The van der Waals surface area contributed by atoms with E-state index in [9.17, 15) is 4.79 Å². The molecule has 0 aliphatic rings. The zero-order chi connectivity index (χ0) is 12.0. The molecule has 4 nitrogen and oxygen atoms in total. The van der Waals surface area contributed by atoms with E-state index in [1.54, 1.807) is 12.1 Å². The van der Waals surface area contributed by atoms with Gasteiger partial charge in [-0.2, -0.15) is 0 Å². The Hall–Kier alpha value is -1.55. The average molecular weight is 224 g/mol. The molecular formula is C12H16O4. The Morgan fingerprint density at radius 3 is 2.50 bits per heavy atom. The van der Waals surface area contributed by atoms with Crippen LogP contribution >= 0.6 is 0 Å². The minimum atomic E-state index is -0.944. The van der Waals surface area contributed by atoms with Gasteiger partial charge in [0.25, 0.3) is 0 Å². The molecule has 0 saturated heterocycles. The largest absolute Gasteiger partial charge is 0.494 e. The van der Waals surface area contributed by atoms with Gasteiger partial charge >= 0.3 is 5.97 Å². The summed E-state index contributed by atoms with van der Waals surface area (Å²) in [4.78, 5) is 10.6. The molecular weight excluding hydrogens is 208 g/mol. The fourth-order valence-electron chi connectivity index (χ4n) is 1.16. The summed E-state index contributed by atoms with van der Waals surface area (Å²) in [6, 6.07) is 6.28. The third-order valence-electron chi connectivity index (χ3n) is 2.29. The van der Waals surface area contributed by atoms with Crippen molar-refractivity contribution in [3.05, 3.63) is 29.8 Å². The first-order valence-electron chi connectivity index (χ1n) is 5.20. The number of carbonyl (C=O) groups is 1. The van der Waals surface area contributed by atoms with Gasteiger partial charge in [0.05, 0.1) is 12.2 Å². The predicted molar refractivity (Wildman–Crippen MR) is 59.8 cm³/mol. The molecule has 88 valence electrons. The van der Waals surface area contributed by atoms with Crippen LogP contribution in [0.15, 0.2) is 24.3 Å². The summed E-state index contributed by atoms with van der Waals surface area (Å²) in [5.74, 6) is -0.0751. The van der Waals surface area contributed by atoms with Gasteiger partial charge in [-0.05, 0) is 36.6 Å². The Kier molecular flexibility index (Phi) is 4.79. The summed E-state index contributed by atoms with van der Waals surface area (Å²) in [7, 11) is 0. The standard InChI is InChI=1S/C12H16O4/c1-9(8-13)6-7-16-11-4-2-10(3-5-11)12(14)15/h2-5,9,13H,6-8H2,1H3,(H,14,15)/t9-/m1/s1. The highest BCUT2D eigenvalue weighted by Gasteiger charge is 2.03. The van der Waals surface area contributed by atoms with Crippen LogP contribution in [0.25, 0.3) is 0 Å². The molecule has 0 fully saturated rings. The van der Waals surface area contributed by atoms with Crippen molar-refractivity contribution in [2.75, 3.05) is 13.2 Å². The van der Waals surface area contributed by atoms with Crippen LogP contribution in [0.3, 0.4) is 0 Å². The van der Waals surface area contributed by atoms with Crippen molar-refractivity contribution in [1.82, 2.24) is 0 Å². The molecule has 1 aromatic rings. The highest BCUT2D eigenvalue weighted by Crippen LogP contribution is 2.13. The van der Waals surface area contributed by atoms with Crippen molar-refractivity contribution in [1.29, 1.82) is 0 Å². The van der Waals surface area contributed by atoms with Crippen molar-refractivity contribution in [2.45, 2.75) is 13.3 Å². The molecule has 1 aromatic carbocycles. The molecule has 0 unspecified atom stereocenters. The van der Waals surface area contributed by atoms with Gasteiger partial charge in [-0.3, -0.25) is 0 Å². The number of hydrogen-bond acceptors (Lipinski definition) is 3. The second-order valence-corrected chi connectivity index (χ2v) is 3.75. The molecule has 0 saturated carbocycles. The van der Waals surface area contributed by atoms with Crippen molar-refractivity contribution < 1.29 is 19.7 Å². The van der Waals surface area contributed by atoms with Crippen LogP contribution in [0.4, 0.5) is 0 Å². The van der Waals surface area contributed by atoms with E-state index in [0.717, 1.165) is 6.42 Å².